The van der Waals surface area contributed by atoms with E-state index in [0.717, 1.165) is 12.1 Å². The molecule has 0 amide bonds. The summed E-state index contributed by atoms with van der Waals surface area (Å²) in [5.41, 5.74) is 0. The molecule has 2 rings (SSSR count). The predicted molar refractivity (Wildman–Crippen MR) is 68.9 cm³/mol. The van der Waals surface area contributed by atoms with Gasteiger partial charge in [0.2, 0.25) is 10.0 Å². The van der Waals surface area contributed by atoms with Gasteiger partial charge < -0.3 is 4.74 Å². The number of rotatable bonds is 3. The fourth-order valence-electron chi connectivity index (χ4n) is 1.90. The maximum atomic E-state index is 12.9. The van der Waals surface area contributed by atoms with E-state index in [1.165, 1.54) is 16.4 Å². The van der Waals surface area contributed by atoms with Crippen LogP contribution in [0.3, 0.4) is 0 Å². The molecule has 9 heteroatoms. The Labute approximate surface area is 117 Å². The summed E-state index contributed by atoms with van der Waals surface area (Å²) in [6, 6.07) is 4.29. The van der Waals surface area contributed by atoms with E-state index in [-0.39, 0.29) is 24.6 Å². The van der Waals surface area contributed by atoms with Crippen LogP contribution in [0.4, 0.5) is 3.89 Å². The second-order valence-corrected chi connectivity index (χ2v) is 7.57. The highest BCUT2D eigenvalue weighted by molar-refractivity contribution is 7.89. The summed E-state index contributed by atoms with van der Waals surface area (Å²) in [5, 5.41) is 0. The van der Waals surface area contributed by atoms with E-state index in [9.17, 15) is 20.7 Å². The van der Waals surface area contributed by atoms with E-state index >= 15 is 0 Å². The third-order valence-electron chi connectivity index (χ3n) is 2.91. The van der Waals surface area contributed by atoms with Crippen LogP contribution in [-0.2, 0) is 25.0 Å². The van der Waals surface area contributed by atoms with Gasteiger partial charge in [0.05, 0.1) is 16.4 Å². The van der Waals surface area contributed by atoms with Crippen molar-refractivity contribution in [2.24, 2.45) is 0 Å². The van der Waals surface area contributed by atoms with Crippen LogP contribution in [0.25, 0.3) is 0 Å². The SMILES string of the molecule is O=S(=O)(F)c1cccc(S(=O)(=O)N2CCCOCC2)c1. The van der Waals surface area contributed by atoms with Crippen molar-refractivity contribution in [3.63, 3.8) is 0 Å². The molecule has 0 bridgehead atoms. The highest BCUT2D eigenvalue weighted by atomic mass is 32.3. The molecular weight excluding hydrogens is 309 g/mol. The number of nitrogens with zero attached hydrogens (tertiary/aromatic N) is 1. The molecule has 1 fully saturated rings. The molecule has 0 saturated carbocycles. The van der Waals surface area contributed by atoms with Crippen LogP contribution < -0.4 is 0 Å². The molecule has 1 aliphatic heterocycles. The van der Waals surface area contributed by atoms with Crippen molar-refractivity contribution < 1.29 is 25.5 Å². The first-order valence-electron chi connectivity index (χ1n) is 5.94. The summed E-state index contributed by atoms with van der Waals surface area (Å²) in [6.07, 6.45) is 0.556. The van der Waals surface area contributed by atoms with E-state index in [0.29, 0.717) is 13.0 Å². The summed E-state index contributed by atoms with van der Waals surface area (Å²) in [7, 11) is -8.78. The van der Waals surface area contributed by atoms with Gasteiger partial charge in [0.15, 0.2) is 0 Å². The molecule has 0 spiro atoms. The van der Waals surface area contributed by atoms with Crippen molar-refractivity contribution in [1.29, 1.82) is 0 Å². The van der Waals surface area contributed by atoms with Gasteiger partial charge in [-0.05, 0) is 24.6 Å². The van der Waals surface area contributed by atoms with Crippen LogP contribution >= 0.6 is 0 Å². The summed E-state index contributed by atoms with van der Waals surface area (Å²) in [5.74, 6) is 0. The molecule has 1 heterocycles. The highest BCUT2D eigenvalue weighted by Crippen LogP contribution is 2.21. The molecule has 0 radical (unpaired) electrons. The molecule has 1 saturated heterocycles. The summed E-state index contributed by atoms with van der Waals surface area (Å²) >= 11 is 0. The Bertz CT molecular complexity index is 679. The van der Waals surface area contributed by atoms with Crippen molar-refractivity contribution in [2.75, 3.05) is 26.3 Å². The van der Waals surface area contributed by atoms with Gasteiger partial charge in [-0.2, -0.15) is 12.7 Å². The van der Waals surface area contributed by atoms with Crippen molar-refractivity contribution in [3.8, 4) is 0 Å². The molecule has 1 aliphatic rings. The van der Waals surface area contributed by atoms with Crippen LogP contribution in [-0.4, -0.2) is 47.4 Å². The van der Waals surface area contributed by atoms with Crippen LogP contribution in [0, 0.1) is 0 Å². The molecule has 1 aromatic rings. The van der Waals surface area contributed by atoms with E-state index < -0.39 is 25.1 Å². The van der Waals surface area contributed by atoms with Crippen LogP contribution in [0.1, 0.15) is 6.42 Å². The molecule has 6 nitrogen and oxygen atoms in total. The van der Waals surface area contributed by atoms with Gasteiger partial charge in [0.1, 0.15) is 0 Å². The highest BCUT2D eigenvalue weighted by Gasteiger charge is 2.26. The quantitative estimate of drug-likeness (QED) is 0.767. The minimum atomic E-state index is -4.93. The minimum Gasteiger partial charge on any atom is -0.380 e. The Morgan fingerprint density at radius 3 is 2.45 bits per heavy atom. The number of sulfonamides is 1. The smallest absolute Gasteiger partial charge is 0.332 e. The molecule has 0 atom stereocenters. The lowest BCUT2D eigenvalue weighted by atomic mass is 10.4. The van der Waals surface area contributed by atoms with Crippen molar-refractivity contribution in [3.05, 3.63) is 24.3 Å². The fraction of sp³-hybridized carbons (Fsp3) is 0.455. The zero-order chi connectivity index (χ0) is 14.8. The van der Waals surface area contributed by atoms with Crippen molar-refractivity contribution in [2.45, 2.75) is 16.2 Å². The summed E-state index contributed by atoms with van der Waals surface area (Å²) in [6.45, 7) is 1.23. The molecule has 112 valence electrons. The number of halogens is 1. The Morgan fingerprint density at radius 1 is 1.05 bits per heavy atom. The molecule has 0 aromatic heterocycles. The lowest BCUT2D eigenvalue weighted by Crippen LogP contribution is -2.33. The minimum absolute atomic E-state index is 0.189. The third-order valence-corrected chi connectivity index (χ3v) is 5.62. The number of ether oxygens (including phenoxy) is 1. The van der Waals surface area contributed by atoms with Gasteiger partial charge in [-0.25, -0.2) is 8.42 Å². The Balaban J connectivity index is 2.39. The zero-order valence-electron chi connectivity index (χ0n) is 10.5. The fourth-order valence-corrected chi connectivity index (χ4v) is 3.99. The number of hydrogen-bond acceptors (Lipinski definition) is 5. The maximum Gasteiger partial charge on any atom is 0.332 e. The summed E-state index contributed by atoms with van der Waals surface area (Å²) < 4.78 is 65.8. The Hall–Kier alpha value is -1.03. The van der Waals surface area contributed by atoms with Gasteiger partial charge in [0, 0.05) is 19.7 Å². The monoisotopic (exact) mass is 323 g/mol. The average Bonchev–Trinajstić information content (AvgIpc) is 2.67. The van der Waals surface area contributed by atoms with Crippen molar-refractivity contribution in [1.82, 2.24) is 4.31 Å². The number of hydrogen-bond donors (Lipinski definition) is 0. The van der Waals surface area contributed by atoms with E-state index in [1.807, 2.05) is 0 Å². The topological polar surface area (TPSA) is 80.8 Å². The average molecular weight is 323 g/mol. The van der Waals surface area contributed by atoms with Crippen molar-refractivity contribution >= 4 is 20.2 Å². The van der Waals surface area contributed by atoms with Gasteiger partial charge in [-0.1, -0.05) is 6.07 Å². The number of benzene rings is 1. The van der Waals surface area contributed by atoms with Gasteiger partial charge in [-0.3, -0.25) is 0 Å². The molecule has 1 aromatic carbocycles. The normalized spacial score (nSPS) is 18.6. The van der Waals surface area contributed by atoms with E-state index in [2.05, 4.69) is 0 Å². The standard InChI is InChI=1S/C11H14FNO5S2/c12-19(14,15)10-3-1-4-11(9-10)20(16,17)13-5-2-7-18-8-6-13/h1,3-4,9H,2,5-8H2. The lowest BCUT2D eigenvalue weighted by molar-refractivity contribution is 0.148. The third kappa shape index (κ3) is 3.35. The molecule has 0 aliphatic carbocycles. The molecule has 20 heavy (non-hydrogen) atoms. The summed E-state index contributed by atoms with van der Waals surface area (Å²) in [4.78, 5) is -0.900. The molecule has 0 N–H and O–H groups in total. The second-order valence-electron chi connectivity index (χ2n) is 4.28. The first-order valence-corrected chi connectivity index (χ1v) is 8.77. The maximum absolute atomic E-state index is 12.9. The van der Waals surface area contributed by atoms with E-state index in [1.54, 1.807) is 0 Å². The van der Waals surface area contributed by atoms with E-state index in [4.69, 9.17) is 4.74 Å². The zero-order valence-corrected chi connectivity index (χ0v) is 12.2. The molecule has 0 unspecified atom stereocenters. The first kappa shape index (κ1) is 15.4. The lowest BCUT2D eigenvalue weighted by Gasteiger charge is -2.19. The van der Waals surface area contributed by atoms with Gasteiger partial charge >= 0.3 is 10.2 Å². The van der Waals surface area contributed by atoms with Crippen LogP contribution in [0.2, 0.25) is 0 Å². The van der Waals surface area contributed by atoms with Gasteiger partial charge in [-0.15, -0.1) is 3.89 Å². The van der Waals surface area contributed by atoms with Crippen LogP contribution in [0.15, 0.2) is 34.1 Å². The largest absolute Gasteiger partial charge is 0.380 e. The Morgan fingerprint density at radius 2 is 1.75 bits per heavy atom. The first-order chi connectivity index (χ1) is 9.32. The predicted octanol–water partition coefficient (Wildman–Crippen LogP) is 0.756. The second kappa shape index (κ2) is 5.76. The molecular formula is C11H14FNO5S2. The van der Waals surface area contributed by atoms with Gasteiger partial charge in [0.25, 0.3) is 0 Å². The van der Waals surface area contributed by atoms with Crippen LogP contribution in [0.5, 0.6) is 0 Å². The Kier molecular flexibility index (Phi) is 4.43.